The molecule has 1 fully saturated rings. The topological polar surface area (TPSA) is 99.7 Å². The van der Waals surface area contributed by atoms with Crippen LogP contribution in [0.25, 0.3) is 10.2 Å². The number of hydrogen-bond acceptors (Lipinski definition) is 7. The smallest absolute Gasteiger partial charge is 0.329 e. The molecule has 10 heteroatoms. The number of carbonyl (C=O) groups is 4. The van der Waals surface area contributed by atoms with Crippen LogP contribution >= 0.6 is 23.1 Å². The molecule has 1 aromatic heterocycles. The minimum absolute atomic E-state index is 0.0769. The van der Waals surface area contributed by atoms with Crippen molar-refractivity contribution in [2.45, 2.75) is 17.7 Å². The standard InChI is InChI=1S/C22H20N4O4S2/c1-2-25-11-12-26(20(29)19(25)28)21(30)23-15-8-4-3-7-14(15)13-18(27)32-22-24-16-9-5-6-10-17(16)31-22/h3-10H,2,11-13H2,1H3,(H,23,30). The average Bonchev–Trinajstić information content (AvgIpc) is 3.19. The number of nitrogens with one attached hydrogen (secondary N) is 1. The monoisotopic (exact) mass is 468 g/mol. The largest absolute Gasteiger partial charge is 0.333 e. The van der Waals surface area contributed by atoms with Crippen molar-refractivity contribution in [1.82, 2.24) is 14.8 Å². The van der Waals surface area contributed by atoms with E-state index >= 15 is 0 Å². The maximum absolute atomic E-state index is 12.7. The van der Waals surface area contributed by atoms with Gasteiger partial charge in [0.05, 0.1) is 10.2 Å². The highest BCUT2D eigenvalue weighted by atomic mass is 32.2. The van der Waals surface area contributed by atoms with Gasteiger partial charge in [0.2, 0.25) is 0 Å². The van der Waals surface area contributed by atoms with E-state index in [4.69, 9.17) is 0 Å². The van der Waals surface area contributed by atoms with Gasteiger partial charge in [0.25, 0.3) is 0 Å². The minimum atomic E-state index is -0.851. The number of hydrogen-bond donors (Lipinski definition) is 1. The zero-order chi connectivity index (χ0) is 22.7. The van der Waals surface area contributed by atoms with Gasteiger partial charge in [-0.05, 0) is 42.4 Å². The molecular weight excluding hydrogens is 448 g/mol. The molecule has 32 heavy (non-hydrogen) atoms. The molecule has 8 nitrogen and oxygen atoms in total. The summed E-state index contributed by atoms with van der Waals surface area (Å²) in [5.74, 6) is -1.54. The van der Waals surface area contributed by atoms with E-state index in [0.717, 1.165) is 26.9 Å². The van der Waals surface area contributed by atoms with Crippen LogP contribution in [0, 0.1) is 0 Å². The number of amides is 4. The molecule has 2 aromatic carbocycles. The van der Waals surface area contributed by atoms with E-state index in [-0.39, 0.29) is 18.1 Å². The van der Waals surface area contributed by atoms with E-state index in [9.17, 15) is 19.2 Å². The molecule has 0 unspecified atom stereocenters. The molecular formula is C22H20N4O4S2. The third-order valence-electron chi connectivity index (χ3n) is 5.00. The summed E-state index contributed by atoms with van der Waals surface area (Å²) < 4.78 is 1.67. The highest BCUT2D eigenvalue weighted by Gasteiger charge is 2.35. The number of para-hydroxylation sites is 2. The Morgan fingerprint density at radius 3 is 2.59 bits per heavy atom. The van der Waals surface area contributed by atoms with Crippen molar-refractivity contribution in [3.8, 4) is 0 Å². The van der Waals surface area contributed by atoms with Gasteiger partial charge in [0.1, 0.15) is 0 Å². The number of carbonyl (C=O) groups excluding carboxylic acids is 4. The second kappa shape index (κ2) is 9.49. The Morgan fingerprint density at radius 2 is 1.81 bits per heavy atom. The Labute approximate surface area is 192 Å². The number of fused-ring (bicyclic) bond motifs is 1. The lowest BCUT2D eigenvalue weighted by molar-refractivity contribution is -0.153. The van der Waals surface area contributed by atoms with E-state index in [2.05, 4.69) is 10.3 Å². The number of piperazine rings is 1. The SMILES string of the molecule is CCN1CCN(C(=O)Nc2ccccc2CC(=O)Sc2nc3ccccc3s2)C(=O)C1=O. The van der Waals surface area contributed by atoms with Crippen molar-refractivity contribution in [1.29, 1.82) is 0 Å². The Hall–Kier alpha value is -3.24. The van der Waals surface area contributed by atoms with Gasteiger partial charge < -0.3 is 10.2 Å². The number of rotatable bonds is 5. The van der Waals surface area contributed by atoms with Gasteiger partial charge in [-0.1, -0.05) is 30.3 Å². The first-order valence-corrected chi connectivity index (χ1v) is 11.7. The highest BCUT2D eigenvalue weighted by molar-refractivity contribution is 8.15. The minimum Gasteiger partial charge on any atom is -0.333 e. The molecule has 4 rings (SSSR count). The van der Waals surface area contributed by atoms with Crippen LogP contribution in [0.1, 0.15) is 12.5 Å². The van der Waals surface area contributed by atoms with Gasteiger partial charge in [0, 0.05) is 31.7 Å². The second-order valence-electron chi connectivity index (χ2n) is 7.03. The molecule has 1 aliphatic rings. The number of thiazole rings is 1. The first kappa shape index (κ1) is 22.0. The fraction of sp³-hybridized carbons (Fsp3) is 0.227. The zero-order valence-corrected chi connectivity index (χ0v) is 18.9. The van der Waals surface area contributed by atoms with Crippen LogP contribution in [-0.2, 0) is 20.8 Å². The number of anilines is 1. The van der Waals surface area contributed by atoms with Crippen LogP contribution in [0.5, 0.6) is 0 Å². The van der Waals surface area contributed by atoms with E-state index in [1.165, 1.54) is 16.2 Å². The molecule has 0 spiro atoms. The first-order chi connectivity index (χ1) is 15.5. The third kappa shape index (κ3) is 4.66. The Morgan fingerprint density at radius 1 is 1.06 bits per heavy atom. The van der Waals surface area contributed by atoms with Crippen molar-refractivity contribution in [3.05, 3.63) is 54.1 Å². The predicted molar refractivity (Wildman–Crippen MR) is 124 cm³/mol. The van der Waals surface area contributed by atoms with Gasteiger partial charge in [0.15, 0.2) is 9.45 Å². The van der Waals surface area contributed by atoms with Gasteiger partial charge in [-0.3, -0.25) is 19.3 Å². The quantitative estimate of drug-likeness (QED) is 0.455. The molecule has 2 heterocycles. The van der Waals surface area contributed by atoms with E-state index in [0.29, 0.717) is 28.7 Å². The summed E-state index contributed by atoms with van der Waals surface area (Å²) in [6.07, 6.45) is 0.0769. The molecule has 164 valence electrons. The number of urea groups is 1. The second-order valence-corrected chi connectivity index (χ2v) is 9.36. The summed E-state index contributed by atoms with van der Waals surface area (Å²) in [6.45, 7) is 2.62. The Kier molecular flexibility index (Phi) is 6.52. The number of benzene rings is 2. The lowest BCUT2D eigenvalue weighted by Crippen LogP contribution is -2.56. The van der Waals surface area contributed by atoms with Crippen molar-refractivity contribution in [3.63, 3.8) is 0 Å². The fourth-order valence-corrected chi connectivity index (χ4v) is 5.31. The van der Waals surface area contributed by atoms with Gasteiger partial charge in [-0.2, -0.15) is 0 Å². The van der Waals surface area contributed by atoms with Crippen molar-refractivity contribution in [2.24, 2.45) is 0 Å². The number of imide groups is 1. The molecule has 0 saturated carbocycles. The van der Waals surface area contributed by atoms with Crippen molar-refractivity contribution < 1.29 is 19.2 Å². The number of nitrogens with zero attached hydrogens (tertiary/aromatic N) is 3. The van der Waals surface area contributed by atoms with E-state index in [1.54, 1.807) is 31.2 Å². The Bertz CT molecular complexity index is 1180. The molecule has 1 saturated heterocycles. The van der Waals surface area contributed by atoms with Crippen LogP contribution in [-0.4, -0.2) is 57.4 Å². The third-order valence-corrected chi connectivity index (χ3v) is 6.97. The van der Waals surface area contributed by atoms with Gasteiger partial charge in [-0.25, -0.2) is 9.78 Å². The predicted octanol–water partition coefficient (Wildman–Crippen LogP) is 3.38. The highest BCUT2D eigenvalue weighted by Crippen LogP contribution is 2.31. The number of likely N-dealkylation sites (N-methyl/N-ethyl adjacent to an activating group) is 1. The van der Waals surface area contributed by atoms with Crippen LogP contribution < -0.4 is 5.32 Å². The van der Waals surface area contributed by atoms with Crippen LogP contribution in [0.3, 0.4) is 0 Å². The lowest BCUT2D eigenvalue weighted by atomic mass is 10.1. The van der Waals surface area contributed by atoms with Crippen LogP contribution in [0.4, 0.5) is 10.5 Å². The summed E-state index contributed by atoms with van der Waals surface area (Å²) in [7, 11) is 0. The molecule has 0 radical (unpaired) electrons. The summed E-state index contributed by atoms with van der Waals surface area (Å²) in [4.78, 5) is 56.5. The summed E-state index contributed by atoms with van der Waals surface area (Å²) >= 11 is 2.52. The summed E-state index contributed by atoms with van der Waals surface area (Å²) in [6, 6.07) is 13.9. The molecule has 0 bridgehead atoms. The number of aromatic nitrogens is 1. The fourth-order valence-electron chi connectivity index (χ4n) is 3.33. The van der Waals surface area contributed by atoms with Gasteiger partial charge in [-0.15, -0.1) is 11.3 Å². The summed E-state index contributed by atoms with van der Waals surface area (Å²) in [5.41, 5.74) is 1.89. The van der Waals surface area contributed by atoms with Gasteiger partial charge >= 0.3 is 17.8 Å². The number of thioether (sulfide) groups is 1. The maximum Gasteiger partial charge on any atom is 0.329 e. The first-order valence-electron chi connectivity index (χ1n) is 10.0. The normalized spacial score (nSPS) is 14.2. The molecule has 1 N–H and O–H groups in total. The van der Waals surface area contributed by atoms with Crippen molar-refractivity contribution >= 4 is 62.0 Å². The lowest BCUT2D eigenvalue weighted by Gasteiger charge is -2.31. The molecule has 4 amide bonds. The maximum atomic E-state index is 12.7. The Balaban J connectivity index is 1.43. The molecule has 3 aromatic rings. The average molecular weight is 469 g/mol. The van der Waals surface area contributed by atoms with Crippen LogP contribution in [0.15, 0.2) is 52.9 Å². The molecule has 1 aliphatic heterocycles. The van der Waals surface area contributed by atoms with Crippen molar-refractivity contribution in [2.75, 3.05) is 25.0 Å². The van der Waals surface area contributed by atoms with E-state index < -0.39 is 17.8 Å². The van der Waals surface area contributed by atoms with E-state index in [1.807, 2.05) is 24.3 Å². The molecule has 0 atom stereocenters. The zero-order valence-electron chi connectivity index (χ0n) is 17.2. The van der Waals surface area contributed by atoms with Crippen LogP contribution in [0.2, 0.25) is 0 Å². The molecule has 0 aliphatic carbocycles. The summed E-state index contributed by atoms with van der Waals surface area (Å²) in [5, 5.41) is 2.56.